The van der Waals surface area contributed by atoms with Crippen molar-refractivity contribution in [3.8, 4) is 0 Å². The van der Waals surface area contributed by atoms with Gasteiger partial charge in [-0.2, -0.15) is 4.98 Å². The van der Waals surface area contributed by atoms with E-state index in [2.05, 4.69) is 20.3 Å². The number of urea groups is 1. The molecule has 94 valence electrons. The summed E-state index contributed by atoms with van der Waals surface area (Å²) in [6.45, 7) is 1.35. The highest BCUT2D eigenvalue weighted by Gasteiger charge is 2.05. The van der Waals surface area contributed by atoms with Crippen LogP contribution in [-0.2, 0) is 16.1 Å². The summed E-state index contributed by atoms with van der Waals surface area (Å²) in [5.74, 6) is -0.241. The predicted octanol–water partition coefficient (Wildman–Crippen LogP) is -0.764. The first kappa shape index (κ1) is 12.9. The standard InChI is InChI=1S/C8H12N4O5/c1-5-10-6(17-11-5)2-3-9-8(15)12-16-4-7(13)14/h2-4H2,1H3,(H,13,14)(H2,9,12,15). The van der Waals surface area contributed by atoms with Crippen molar-refractivity contribution in [1.82, 2.24) is 20.9 Å². The Bertz CT molecular complexity index is 391. The molecule has 0 bridgehead atoms. The fraction of sp³-hybridized carbons (Fsp3) is 0.500. The minimum Gasteiger partial charge on any atom is -0.479 e. The van der Waals surface area contributed by atoms with Crippen LogP contribution in [0.2, 0.25) is 0 Å². The quantitative estimate of drug-likeness (QED) is 0.561. The summed E-state index contributed by atoms with van der Waals surface area (Å²) in [7, 11) is 0. The molecule has 1 aromatic rings. The summed E-state index contributed by atoms with van der Waals surface area (Å²) in [5.41, 5.74) is 1.91. The molecule has 0 aliphatic rings. The van der Waals surface area contributed by atoms with E-state index < -0.39 is 18.6 Å². The van der Waals surface area contributed by atoms with Gasteiger partial charge in [0.1, 0.15) is 0 Å². The van der Waals surface area contributed by atoms with Crippen molar-refractivity contribution in [3.05, 3.63) is 11.7 Å². The molecule has 1 aromatic heterocycles. The number of aliphatic carboxylic acids is 1. The highest BCUT2D eigenvalue weighted by molar-refractivity contribution is 5.73. The third-order valence-electron chi connectivity index (χ3n) is 1.55. The lowest BCUT2D eigenvalue weighted by atomic mass is 10.4. The number of nitrogens with one attached hydrogen (secondary N) is 2. The van der Waals surface area contributed by atoms with Gasteiger partial charge in [0.25, 0.3) is 0 Å². The molecule has 0 fully saturated rings. The molecule has 17 heavy (non-hydrogen) atoms. The Balaban J connectivity index is 2.10. The van der Waals surface area contributed by atoms with E-state index >= 15 is 0 Å². The minimum absolute atomic E-state index is 0.268. The van der Waals surface area contributed by atoms with Gasteiger partial charge >= 0.3 is 12.0 Å². The van der Waals surface area contributed by atoms with Crippen LogP contribution in [0.5, 0.6) is 0 Å². The Morgan fingerprint density at radius 3 is 2.88 bits per heavy atom. The fourth-order valence-corrected chi connectivity index (χ4v) is 0.924. The van der Waals surface area contributed by atoms with Gasteiger partial charge in [-0.3, -0.25) is 4.84 Å². The summed E-state index contributed by atoms with van der Waals surface area (Å²) in [5, 5.41) is 14.2. The van der Waals surface area contributed by atoms with Crippen LogP contribution in [0, 0.1) is 6.92 Å². The van der Waals surface area contributed by atoms with E-state index in [0.29, 0.717) is 18.1 Å². The maximum Gasteiger partial charge on any atom is 0.338 e. The highest BCUT2D eigenvalue weighted by Crippen LogP contribution is 1.95. The number of carboxylic acid groups (broad SMARTS) is 1. The molecule has 0 saturated carbocycles. The van der Waals surface area contributed by atoms with E-state index in [1.54, 1.807) is 6.92 Å². The van der Waals surface area contributed by atoms with Crippen LogP contribution in [0.4, 0.5) is 4.79 Å². The summed E-state index contributed by atoms with van der Waals surface area (Å²) >= 11 is 0. The number of aromatic nitrogens is 2. The first-order valence-electron chi connectivity index (χ1n) is 4.74. The predicted molar refractivity (Wildman–Crippen MR) is 52.9 cm³/mol. The van der Waals surface area contributed by atoms with E-state index in [0.717, 1.165) is 0 Å². The molecule has 0 aliphatic heterocycles. The molecule has 3 N–H and O–H groups in total. The summed E-state index contributed by atoms with van der Waals surface area (Å²) in [6, 6.07) is -0.637. The van der Waals surface area contributed by atoms with Crippen molar-refractivity contribution in [1.29, 1.82) is 0 Å². The Labute approximate surface area is 96.1 Å². The van der Waals surface area contributed by atoms with Crippen molar-refractivity contribution >= 4 is 12.0 Å². The zero-order chi connectivity index (χ0) is 12.7. The maximum absolute atomic E-state index is 11.0. The Hall–Kier alpha value is -2.16. The first-order chi connectivity index (χ1) is 8.08. The van der Waals surface area contributed by atoms with Gasteiger partial charge in [0, 0.05) is 13.0 Å². The maximum atomic E-state index is 11.0. The topological polar surface area (TPSA) is 127 Å². The number of hydrogen-bond acceptors (Lipinski definition) is 6. The number of hydrogen-bond donors (Lipinski definition) is 3. The van der Waals surface area contributed by atoms with Crippen molar-refractivity contribution in [2.75, 3.05) is 13.2 Å². The van der Waals surface area contributed by atoms with Crippen LogP contribution >= 0.6 is 0 Å². The smallest absolute Gasteiger partial charge is 0.338 e. The van der Waals surface area contributed by atoms with Gasteiger partial charge in [-0.15, -0.1) is 0 Å². The van der Waals surface area contributed by atoms with E-state index in [-0.39, 0.29) is 6.54 Å². The molecule has 0 aliphatic carbocycles. The third kappa shape index (κ3) is 5.47. The zero-order valence-corrected chi connectivity index (χ0v) is 9.10. The van der Waals surface area contributed by atoms with Gasteiger partial charge < -0.3 is 14.9 Å². The average Bonchev–Trinajstić information content (AvgIpc) is 2.63. The van der Waals surface area contributed by atoms with Crippen molar-refractivity contribution in [3.63, 3.8) is 0 Å². The molecule has 0 saturated heterocycles. The van der Waals surface area contributed by atoms with Crippen LogP contribution < -0.4 is 10.8 Å². The third-order valence-corrected chi connectivity index (χ3v) is 1.55. The summed E-state index contributed by atoms with van der Waals surface area (Å²) in [6.07, 6.45) is 0.382. The van der Waals surface area contributed by atoms with E-state index in [9.17, 15) is 9.59 Å². The lowest BCUT2D eigenvalue weighted by Gasteiger charge is -2.04. The molecule has 9 heteroatoms. The number of carboxylic acids is 1. The molecule has 2 amide bonds. The van der Waals surface area contributed by atoms with Gasteiger partial charge in [0.05, 0.1) is 0 Å². The van der Waals surface area contributed by atoms with Crippen LogP contribution in [0.1, 0.15) is 11.7 Å². The molecular weight excluding hydrogens is 232 g/mol. The van der Waals surface area contributed by atoms with Crippen molar-refractivity contribution in [2.24, 2.45) is 0 Å². The monoisotopic (exact) mass is 244 g/mol. The van der Waals surface area contributed by atoms with Gasteiger partial charge in [-0.1, -0.05) is 5.16 Å². The normalized spacial score (nSPS) is 9.94. The molecule has 0 radical (unpaired) electrons. The fourth-order valence-electron chi connectivity index (χ4n) is 0.924. The molecule has 0 aromatic carbocycles. The highest BCUT2D eigenvalue weighted by atomic mass is 16.7. The summed E-state index contributed by atoms with van der Waals surface area (Å²) < 4.78 is 4.82. The lowest BCUT2D eigenvalue weighted by molar-refractivity contribution is -0.144. The van der Waals surface area contributed by atoms with Gasteiger partial charge in [-0.05, 0) is 6.92 Å². The summed E-state index contributed by atoms with van der Waals surface area (Å²) in [4.78, 5) is 29.4. The molecule has 0 unspecified atom stereocenters. The average molecular weight is 244 g/mol. The first-order valence-corrected chi connectivity index (χ1v) is 4.74. The second kappa shape index (κ2) is 6.43. The number of amides is 2. The van der Waals surface area contributed by atoms with E-state index in [1.165, 1.54) is 0 Å². The molecule has 0 atom stereocenters. The number of aryl methyl sites for hydroxylation is 1. The molecule has 9 nitrogen and oxygen atoms in total. The SMILES string of the molecule is Cc1noc(CCNC(=O)NOCC(=O)O)n1. The van der Waals surface area contributed by atoms with Crippen LogP contribution in [0.3, 0.4) is 0 Å². The van der Waals surface area contributed by atoms with Crippen LogP contribution in [0.15, 0.2) is 4.52 Å². The van der Waals surface area contributed by atoms with Crippen molar-refractivity contribution < 1.29 is 24.1 Å². The zero-order valence-electron chi connectivity index (χ0n) is 9.10. The van der Waals surface area contributed by atoms with Gasteiger partial charge in [0.15, 0.2) is 12.4 Å². The lowest BCUT2D eigenvalue weighted by Crippen LogP contribution is -2.37. The van der Waals surface area contributed by atoms with E-state index in [4.69, 9.17) is 9.63 Å². The Kier molecular flexibility index (Phi) is 4.88. The van der Waals surface area contributed by atoms with Gasteiger partial charge in [-0.25, -0.2) is 15.1 Å². The van der Waals surface area contributed by atoms with Crippen LogP contribution in [-0.4, -0.2) is 40.4 Å². The molecule has 1 rings (SSSR count). The van der Waals surface area contributed by atoms with Crippen molar-refractivity contribution in [2.45, 2.75) is 13.3 Å². The second-order valence-electron chi connectivity index (χ2n) is 3.03. The number of carbonyl (C=O) groups excluding carboxylic acids is 1. The second-order valence-corrected chi connectivity index (χ2v) is 3.03. The van der Waals surface area contributed by atoms with Crippen LogP contribution in [0.25, 0.3) is 0 Å². The molecule has 1 heterocycles. The number of nitrogens with zero attached hydrogens (tertiary/aromatic N) is 2. The number of carbonyl (C=O) groups is 2. The minimum atomic E-state index is -1.17. The number of rotatable bonds is 6. The number of hydroxylamine groups is 1. The largest absolute Gasteiger partial charge is 0.479 e. The Morgan fingerprint density at radius 1 is 1.53 bits per heavy atom. The molecule has 0 spiro atoms. The molecular formula is C8H12N4O5. The van der Waals surface area contributed by atoms with Gasteiger partial charge in [0.2, 0.25) is 5.89 Å². The Morgan fingerprint density at radius 2 is 2.29 bits per heavy atom. The van der Waals surface area contributed by atoms with E-state index in [1.807, 2.05) is 5.48 Å².